The van der Waals surface area contributed by atoms with Gasteiger partial charge in [0.05, 0.1) is 25.8 Å². The van der Waals surface area contributed by atoms with Crippen LogP contribution in [-0.4, -0.2) is 11.0 Å². The molecule has 0 radical (unpaired) electrons. The zero-order valence-electron chi connectivity index (χ0n) is 11.4. The Morgan fingerprint density at radius 2 is 2.00 bits per heavy atom. The van der Waals surface area contributed by atoms with Crippen LogP contribution >= 0.6 is 27.3 Å². The molecule has 0 N–H and O–H groups in total. The van der Waals surface area contributed by atoms with Crippen LogP contribution in [0.5, 0.6) is 0 Å². The number of rotatable bonds is 2. The summed E-state index contributed by atoms with van der Waals surface area (Å²) in [7, 11) is 0. The fraction of sp³-hybridized carbons (Fsp3) is 0.125. The summed E-state index contributed by atoms with van der Waals surface area (Å²) >= 11 is 4.93. The smallest absolute Gasteiger partial charge is 0.0816 e. The second-order valence-electron chi connectivity index (χ2n) is 4.92. The maximum Gasteiger partial charge on any atom is 0.0816 e. The summed E-state index contributed by atoms with van der Waals surface area (Å²) in [5.74, 6) is -1.18. The van der Waals surface area contributed by atoms with E-state index in [4.69, 9.17) is 0 Å². The Labute approximate surface area is 134 Å². The van der Waals surface area contributed by atoms with Gasteiger partial charge >= 0.3 is 0 Å². The quantitative estimate of drug-likeness (QED) is 0.699. The molecular weight excluding hydrogens is 350 g/mol. The number of aryl methyl sites for hydroxylation is 2. The van der Waals surface area contributed by atoms with Crippen LogP contribution in [0.3, 0.4) is 0 Å². The summed E-state index contributed by atoms with van der Waals surface area (Å²) in [5, 5.41) is 12.1. The highest BCUT2D eigenvalue weighted by atomic mass is 79.9. The SMILES string of the molecule is Cc1cc(C)c2nc(-c3ccc(Br)s3)cc(C(=O)[O-])c2c1. The van der Waals surface area contributed by atoms with Crippen LogP contribution in [0, 0.1) is 13.8 Å². The van der Waals surface area contributed by atoms with E-state index in [0.717, 1.165) is 19.8 Å². The lowest BCUT2D eigenvalue weighted by Gasteiger charge is -2.12. The van der Waals surface area contributed by atoms with Gasteiger partial charge in [-0.1, -0.05) is 11.6 Å². The molecule has 21 heavy (non-hydrogen) atoms. The lowest BCUT2D eigenvalue weighted by molar-refractivity contribution is -0.254. The summed E-state index contributed by atoms with van der Waals surface area (Å²) < 4.78 is 0.982. The minimum absolute atomic E-state index is 0.186. The van der Waals surface area contributed by atoms with Crippen molar-refractivity contribution in [3.05, 3.63) is 50.8 Å². The highest BCUT2D eigenvalue weighted by Crippen LogP contribution is 2.33. The standard InChI is InChI=1S/C16H12BrNO2S/c1-8-5-9(2)15-10(6-8)11(16(19)20)7-12(18-15)13-3-4-14(17)21-13/h3-7H,1-2H3,(H,19,20)/p-1. The van der Waals surface area contributed by atoms with Crippen LogP contribution in [-0.2, 0) is 0 Å². The third-order valence-corrected chi connectivity index (χ3v) is 4.94. The van der Waals surface area contributed by atoms with Gasteiger partial charge in [0.25, 0.3) is 0 Å². The van der Waals surface area contributed by atoms with E-state index >= 15 is 0 Å². The summed E-state index contributed by atoms with van der Waals surface area (Å²) in [6.07, 6.45) is 0. The summed E-state index contributed by atoms with van der Waals surface area (Å²) in [4.78, 5) is 17.0. The van der Waals surface area contributed by atoms with Crippen molar-refractivity contribution in [2.24, 2.45) is 0 Å². The number of hydrogen-bond acceptors (Lipinski definition) is 4. The van der Waals surface area contributed by atoms with Gasteiger partial charge in [0.15, 0.2) is 0 Å². The first-order valence-corrected chi connectivity index (χ1v) is 7.95. The molecule has 0 unspecified atom stereocenters. The zero-order valence-corrected chi connectivity index (χ0v) is 13.8. The molecule has 3 rings (SSSR count). The summed E-state index contributed by atoms with van der Waals surface area (Å²) in [6.45, 7) is 3.88. The summed E-state index contributed by atoms with van der Waals surface area (Å²) in [5.41, 5.74) is 3.53. The average Bonchev–Trinajstić information content (AvgIpc) is 2.84. The van der Waals surface area contributed by atoms with Crippen molar-refractivity contribution in [2.75, 3.05) is 0 Å². The second-order valence-corrected chi connectivity index (χ2v) is 7.39. The topological polar surface area (TPSA) is 53.0 Å². The number of pyridine rings is 1. The third kappa shape index (κ3) is 2.59. The van der Waals surface area contributed by atoms with Crippen LogP contribution in [0.25, 0.3) is 21.5 Å². The van der Waals surface area contributed by atoms with Gasteiger partial charge in [0, 0.05) is 10.9 Å². The van der Waals surface area contributed by atoms with Gasteiger partial charge in [0.1, 0.15) is 0 Å². The number of nitrogens with zero attached hydrogens (tertiary/aromatic N) is 1. The molecule has 3 nitrogen and oxygen atoms in total. The molecule has 0 saturated carbocycles. The first-order chi connectivity index (χ1) is 9.95. The Kier molecular flexibility index (Phi) is 3.55. The van der Waals surface area contributed by atoms with Crippen molar-refractivity contribution in [3.63, 3.8) is 0 Å². The molecule has 5 heteroatoms. The first-order valence-electron chi connectivity index (χ1n) is 6.35. The van der Waals surface area contributed by atoms with Gasteiger partial charge in [-0.05, 0) is 59.6 Å². The molecule has 0 atom stereocenters. The highest BCUT2D eigenvalue weighted by molar-refractivity contribution is 9.11. The van der Waals surface area contributed by atoms with E-state index < -0.39 is 5.97 Å². The average molecular weight is 361 g/mol. The molecule has 0 amide bonds. The van der Waals surface area contributed by atoms with E-state index in [2.05, 4.69) is 20.9 Å². The number of fused-ring (bicyclic) bond motifs is 1. The maximum absolute atomic E-state index is 11.5. The Hall–Kier alpha value is -1.72. The Morgan fingerprint density at radius 3 is 2.62 bits per heavy atom. The lowest BCUT2D eigenvalue weighted by Crippen LogP contribution is -2.23. The minimum atomic E-state index is -1.18. The maximum atomic E-state index is 11.5. The highest BCUT2D eigenvalue weighted by Gasteiger charge is 2.12. The van der Waals surface area contributed by atoms with Gasteiger partial charge < -0.3 is 9.90 Å². The molecule has 0 bridgehead atoms. The van der Waals surface area contributed by atoms with E-state index in [1.54, 1.807) is 6.07 Å². The normalized spacial score (nSPS) is 11.0. The Balaban J connectivity index is 2.37. The monoisotopic (exact) mass is 360 g/mol. The van der Waals surface area contributed by atoms with E-state index in [1.807, 2.05) is 38.1 Å². The number of thiophene rings is 1. The predicted octanol–water partition coefficient (Wildman–Crippen LogP) is 3.71. The number of carbonyl (C=O) groups excluding carboxylic acids is 1. The van der Waals surface area contributed by atoms with E-state index in [1.165, 1.54) is 11.3 Å². The van der Waals surface area contributed by atoms with Crippen molar-refractivity contribution in [1.82, 2.24) is 4.98 Å². The van der Waals surface area contributed by atoms with Gasteiger partial charge in [-0.15, -0.1) is 11.3 Å². The molecular formula is C16H11BrNO2S-. The van der Waals surface area contributed by atoms with Gasteiger partial charge in [-0.2, -0.15) is 0 Å². The number of halogens is 1. The Morgan fingerprint density at radius 1 is 1.24 bits per heavy atom. The lowest BCUT2D eigenvalue weighted by atomic mass is 10.0. The van der Waals surface area contributed by atoms with Crippen LogP contribution in [0.1, 0.15) is 21.5 Å². The van der Waals surface area contributed by atoms with Gasteiger partial charge in [-0.25, -0.2) is 4.98 Å². The third-order valence-electron chi connectivity index (χ3n) is 3.29. The number of benzene rings is 1. The van der Waals surface area contributed by atoms with E-state index in [-0.39, 0.29) is 5.56 Å². The number of hydrogen-bond donors (Lipinski definition) is 0. The van der Waals surface area contributed by atoms with Crippen LogP contribution in [0.2, 0.25) is 0 Å². The van der Waals surface area contributed by atoms with Crippen molar-refractivity contribution < 1.29 is 9.90 Å². The number of aromatic nitrogens is 1. The molecule has 106 valence electrons. The van der Waals surface area contributed by atoms with Gasteiger partial charge in [-0.3, -0.25) is 0 Å². The van der Waals surface area contributed by atoms with Crippen molar-refractivity contribution >= 4 is 44.1 Å². The summed E-state index contributed by atoms with van der Waals surface area (Å²) in [6, 6.07) is 9.28. The molecule has 1 aromatic carbocycles. The largest absolute Gasteiger partial charge is 0.545 e. The molecule has 0 spiro atoms. The van der Waals surface area contributed by atoms with Crippen molar-refractivity contribution in [2.45, 2.75) is 13.8 Å². The van der Waals surface area contributed by atoms with Crippen LogP contribution in [0.15, 0.2) is 34.1 Å². The minimum Gasteiger partial charge on any atom is -0.545 e. The molecule has 0 aliphatic rings. The van der Waals surface area contributed by atoms with Crippen molar-refractivity contribution in [3.8, 4) is 10.6 Å². The molecule has 0 saturated heterocycles. The number of aromatic carboxylic acids is 1. The molecule has 3 aromatic rings. The van der Waals surface area contributed by atoms with Crippen molar-refractivity contribution in [1.29, 1.82) is 0 Å². The van der Waals surface area contributed by atoms with E-state index in [9.17, 15) is 9.90 Å². The number of carboxylic acid groups (broad SMARTS) is 1. The predicted molar refractivity (Wildman–Crippen MR) is 86.6 cm³/mol. The van der Waals surface area contributed by atoms with Crippen LogP contribution < -0.4 is 5.11 Å². The molecule has 0 aliphatic carbocycles. The molecule has 0 fully saturated rings. The molecule has 2 heterocycles. The number of carboxylic acids is 1. The Bertz CT molecular complexity index is 870. The zero-order chi connectivity index (χ0) is 15.1. The fourth-order valence-corrected chi connectivity index (χ4v) is 3.77. The van der Waals surface area contributed by atoms with Gasteiger partial charge in [0.2, 0.25) is 0 Å². The molecule has 0 aliphatic heterocycles. The first kappa shape index (κ1) is 14.2. The fourth-order valence-electron chi connectivity index (χ4n) is 2.43. The second kappa shape index (κ2) is 5.24. The van der Waals surface area contributed by atoms with E-state index in [0.29, 0.717) is 16.6 Å². The van der Waals surface area contributed by atoms with Crippen LogP contribution in [0.4, 0.5) is 0 Å². The molecule has 2 aromatic heterocycles. The number of carbonyl (C=O) groups is 1.